The normalized spacial score (nSPS) is 19.5. The zero-order chi connectivity index (χ0) is 22.9. The van der Waals surface area contributed by atoms with E-state index in [1.165, 1.54) is 6.92 Å². The maximum atomic E-state index is 11.6. The molecular formula is C17H27F3N4O5. The van der Waals surface area contributed by atoms with Crippen LogP contribution in [0.2, 0.25) is 0 Å². The molecule has 1 aliphatic carbocycles. The van der Waals surface area contributed by atoms with Crippen LogP contribution in [-0.2, 0) is 14.4 Å². The Bertz CT molecular complexity index is 656. The van der Waals surface area contributed by atoms with E-state index in [1.807, 2.05) is 0 Å². The molecule has 3 atom stereocenters. The third-order valence-corrected chi connectivity index (χ3v) is 4.44. The first-order valence-corrected chi connectivity index (χ1v) is 8.84. The van der Waals surface area contributed by atoms with Gasteiger partial charge in [-0.25, -0.2) is 14.6 Å². The fourth-order valence-electron chi connectivity index (χ4n) is 3.16. The lowest BCUT2D eigenvalue weighted by molar-refractivity contribution is -0.192. The van der Waals surface area contributed by atoms with Crippen LogP contribution in [0.5, 0.6) is 0 Å². The van der Waals surface area contributed by atoms with E-state index in [9.17, 15) is 27.9 Å². The van der Waals surface area contributed by atoms with Gasteiger partial charge in [-0.2, -0.15) is 13.2 Å². The SMILES string of the molecule is CCC(CC)[C@H](NC(C)=O)[C@@H]1C=C(C(=O)O)C[C@H]1N=C(N)N.O=C(O)C(F)(F)F. The summed E-state index contributed by atoms with van der Waals surface area (Å²) >= 11 is 0. The van der Waals surface area contributed by atoms with Crippen molar-refractivity contribution in [2.75, 3.05) is 0 Å². The van der Waals surface area contributed by atoms with Crippen molar-refractivity contribution in [1.29, 1.82) is 0 Å². The number of hydrogen-bond acceptors (Lipinski definition) is 4. The second kappa shape index (κ2) is 11.3. The van der Waals surface area contributed by atoms with Crippen molar-refractivity contribution < 1.29 is 37.8 Å². The van der Waals surface area contributed by atoms with Crippen LogP contribution in [0.3, 0.4) is 0 Å². The Hall–Kier alpha value is -2.79. The minimum absolute atomic E-state index is 0.0684. The van der Waals surface area contributed by atoms with E-state index >= 15 is 0 Å². The molecule has 12 heteroatoms. The van der Waals surface area contributed by atoms with Crippen LogP contribution in [0, 0.1) is 11.8 Å². The van der Waals surface area contributed by atoms with Crippen LogP contribution in [0.4, 0.5) is 13.2 Å². The van der Waals surface area contributed by atoms with Gasteiger partial charge in [-0.05, 0) is 5.92 Å². The Balaban J connectivity index is 0.000000956. The predicted octanol–water partition coefficient (Wildman–Crippen LogP) is 1.23. The number of carbonyl (C=O) groups excluding carboxylic acids is 1. The number of carboxylic acid groups (broad SMARTS) is 2. The summed E-state index contributed by atoms with van der Waals surface area (Å²) in [6.07, 6.45) is -1.36. The number of hydrogen-bond donors (Lipinski definition) is 5. The Morgan fingerprint density at radius 2 is 1.72 bits per heavy atom. The molecule has 166 valence electrons. The van der Waals surface area contributed by atoms with Gasteiger partial charge in [0.1, 0.15) is 0 Å². The highest BCUT2D eigenvalue weighted by Crippen LogP contribution is 2.34. The number of alkyl halides is 3. The number of amides is 1. The van der Waals surface area contributed by atoms with Gasteiger partial charge in [0.25, 0.3) is 0 Å². The van der Waals surface area contributed by atoms with E-state index in [0.717, 1.165) is 12.8 Å². The van der Waals surface area contributed by atoms with Crippen LogP contribution in [-0.4, -0.2) is 52.3 Å². The van der Waals surface area contributed by atoms with Crippen molar-refractivity contribution in [3.8, 4) is 0 Å². The van der Waals surface area contributed by atoms with Crippen molar-refractivity contribution in [3.63, 3.8) is 0 Å². The average molecular weight is 424 g/mol. The Labute approximate surface area is 166 Å². The molecule has 9 nitrogen and oxygen atoms in total. The number of carbonyl (C=O) groups is 3. The lowest BCUT2D eigenvalue weighted by Gasteiger charge is -2.32. The summed E-state index contributed by atoms with van der Waals surface area (Å²) in [4.78, 5) is 35.9. The van der Waals surface area contributed by atoms with Gasteiger partial charge in [0.2, 0.25) is 5.91 Å². The summed E-state index contributed by atoms with van der Waals surface area (Å²) in [5, 5.41) is 19.3. The number of carboxylic acids is 2. The molecular weight excluding hydrogens is 397 g/mol. The molecule has 7 N–H and O–H groups in total. The quantitative estimate of drug-likeness (QED) is 0.302. The first-order valence-electron chi connectivity index (χ1n) is 8.84. The number of guanidine groups is 1. The molecule has 0 aliphatic heterocycles. The number of nitrogens with two attached hydrogens (primary N) is 2. The zero-order valence-electron chi connectivity index (χ0n) is 16.4. The topological polar surface area (TPSA) is 168 Å². The minimum Gasteiger partial charge on any atom is -0.478 e. The third kappa shape index (κ3) is 8.83. The summed E-state index contributed by atoms with van der Waals surface area (Å²) in [5.74, 6) is -3.92. The van der Waals surface area contributed by atoms with E-state index in [2.05, 4.69) is 24.2 Å². The highest BCUT2D eigenvalue weighted by atomic mass is 19.4. The molecule has 0 fully saturated rings. The van der Waals surface area contributed by atoms with Gasteiger partial charge >= 0.3 is 18.1 Å². The highest BCUT2D eigenvalue weighted by Gasteiger charge is 2.39. The lowest BCUT2D eigenvalue weighted by Crippen LogP contribution is -2.46. The molecule has 0 heterocycles. The Morgan fingerprint density at radius 1 is 1.24 bits per heavy atom. The molecule has 29 heavy (non-hydrogen) atoms. The first-order chi connectivity index (χ1) is 13.2. The largest absolute Gasteiger partial charge is 0.490 e. The average Bonchev–Trinajstić information content (AvgIpc) is 2.97. The van der Waals surface area contributed by atoms with E-state index < -0.39 is 18.1 Å². The zero-order valence-corrected chi connectivity index (χ0v) is 16.4. The van der Waals surface area contributed by atoms with Crippen molar-refractivity contribution in [3.05, 3.63) is 11.6 Å². The molecule has 0 aromatic heterocycles. The Morgan fingerprint density at radius 3 is 2.03 bits per heavy atom. The van der Waals surface area contributed by atoms with E-state index in [0.29, 0.717) is 5.57 Å². The van der Waals surface area contributed by atoms with Crippen molar-refractivity contribution in [1.82, 2.24) is 5.32 Å². The molecule has 1 amide bonds. The number of nitrogens with zero attached hydrogens (tertiary/aromatic N) is 1. The van der Waals surface area contributed by atoms with E-state index in [1.54, 1.807) is 6.08 Å². The molecule has 1 rings (SSSR count). The summed E-state index contributed by atoms with van der Waals surface area (Å²) in [6, 6.07) is -0.536. The second-order valence-electron chi connectivity index (χ2n) is 6.51. The molecule has 1 aliphatic rings. The molecule has 0 saturated carbocycles. The smallest absolute Gasteiger partial charge is 0.478 e. The number of aliphatic imine (C=N–C) groups is 1. The number of aliphatic carboxylic acids is 2. The summed E-state index contributed by atoms with van der Waals surface area (Å²) in [7, 11) is 0. The summed E-state index contributed by atoms with van der Waals surface area (Å²) in [5.41, 5.74) is 11.2. The van der Waals surface area contributed by atoms with Gasteiger partial charge in [0.05, 0.1) is 6.04 Å². The number of nitrogens with one attached hydrogen (secondary N) is 1. The fourth-order valence-corrected chi connectivity index (χ4v) is 3.16. The third-order valence-electron chi connectivity index (χ3n) is 4.44. The van der Waals surface area contributed by atoms with Gasteiger partial charge in [0.15, 0.2) is 5.96 Å². The van der Waals surface area contributed by atoms with Crippen LogP contribution in [0.25, 0.3) is 0 Å². The molecule has 0 radical (unpaired) electrons. The number of halogens is 3. The van der Waals surface area contributed by atoms with Gasteiger partial charge < -0.3 is 27.0 Å². The fraction of sp³-hybridized carbons (Fsp3) is 0.647. The second-order valence-corrected chi connectivity index (χ2v) is 6.51. The van der Waals surface area contributed by atoms with Gasteiger partial charge in [-0.1, -0.05) is 32.8 Å². The lowest BCUT2D eigenvalue weighted by atomic mass is 9.82. The van der Waals surface area contributed by atoms with Crippen LogP contribution in [0.15, 0.2) is 16.6 Å². The molecule has 0 spiro atoms. The predicted molar refractivity (Wildman–Crippen MR) is 98.8 cm³/mol. The van der Waals surface area contributed by atoms with Crippen LogP contribution < -0.4 is 16.8 Å². The van der Waals surface area contributed by atoms with Crippen molar-refractivity contribution >= 4 is 23.8 Å². The molecule has 0 saturated heterocycles. The van der Waals surface area contributed by atoms with Crippen LogP contribution >= 0.6 is 0 Å². The van der Waals surface area contributed by atoms with Crippen LogP contribution in [0.1, 0.15) is 40.0 Å². The van der Waals surface area contributed by atoms with Crippen molar-refractivity contribution in [2.24, 2.45) is 28.3 Å². The molecule has 0 aromatic carbocycles. The van der Waals surface area contributed by atoms with E-state index in [4.69, 9.17) is 21.4 Å². The number of rotatable bonds is 7. The maximum absolute atomic E-state index is 11.6. The van der Waals surface area contributed by atoms with Gasteiger partial charge in [0, 0.05) is 30.9 Å². The Kier molecular flexibility index (Phi) is 10.2. The van der Waals surface area contributed by atoms with Crippen molar-refractivity contribution in [2.45, 2.75) is 58.3 Å². The maximum Gasteiger partial charge on any atom is 0.490 e. The van der Waals surface area contributed by atoms with Gasteiger partial charge in [-0.3, -0.25) is 4.79 Å². The minimum atomic E-state index is -5.08. The molecule has 0 aromatic rings. The monoisotopic (exact) mass is 424 g/mol. The molecule has 0 bridgehead atoms. The highest BCUT2D eigenvalue weighted by molar-refractivity contribution is 5.87. The standard InChI is InChI=1S/C15H26N4O3.C2HF3O2/c1-4-9(5-2)13(18-8(3)20)11-6-10(14(21)22)7-12(11)19-15(16)17;3-2(4,5)1(6)7/h6,9,11-13H,4-5,7H2,1-3H3,(H,18,20)(H,21,22)(H4,16,17,19);(H,6,7)/t11-,12-,13+;/m1./s1. The first kappa shape index (κ1) is 26.2. The molecule has 0 unspecified atom stereocenters. The van der Waals surface area contributed by atoms with E-state index in [-0.39, 0.29) is 42.2 Å². The summed E-state index contributed by atoms with van der Waals surface area (Å²) < 4.78 is 31.7. The van der Waals surface area contributed by atoms with Gasteiger partial charge in [-0.15, -0.1) is 0 Å². The summed E-state index contributed by atoms with van der Waals surface area (Å²) in [6.45, 7) is 5.56.